The van der Waals surface area contributed by atoms with Crippen LogP contribution in [0.15, 0.2) is 30.3 Å². The smallest absolute Gasteiger partial charge is 0.132 e. The molecule has 1 nitrogen and oxygen atoms in total. The van der Waals surface area contributed by atoms with Crippen molar-refractivity contribution in [3.8, 4) is 0 Å². The maximum atomic E-state index is 13.3. The summed E-state index contributed by atoms with van der Waals surface area (Å²) in [7, 11) is 0. The zero-order valence-corrected chi connectivity index (χ0v) is 8.13. The molecule has 0 spiro atoms. The molecule has 0 amide bonds. The van der Waals surface area contributed by atoms with E-state index in [9.17, 15) is 4.39 Å². The van der Waals surface area contributed by atoms with E-state index in [-0.39, 0.29) is 5.82 Å². The van der Waals surface area contributed by atoms with Crippen LogP contribution < -0.4 is 0 Å². The molecular formula is C12H12FN. The Morgan fingerprint density at radius 3 is 2.86 bits per heavy atom. The van der Waals surface area contributed by atoms with Crippen LogP contribution in [-0.4, -0.2) is 4.98 Å². The van der Waals surface area contributed by atoms with Gasteiger partial charge >= 0.3 is 0 Å². The number of benzene rings is 1. The van der Waals surface area contributed by atoms with Gasteiger partial charge in [0, 0.05) is 11.1 Å². The number of rotatable bonds is 2. The van der Waals surface area contributed by atoms with Crippen molar-refractivity contribution in [2.75, 3.05) is 0 Å². The molecule has 0 aliphatic carbocycles. The van der Waals surface area contributed by atoms with Gasteiger partial charge in [0.15, 0.2) is 0 Å². The summed E-state index contributed by atoms with van der Waals surface area (Å²) in [4.78, 5) is 4.39. The van der Waals surface area contributed by atoms with Gasteiger partial charge in [-0.15, -0.1) is 0 Å². The highest BCUT2D eigenvalue weighted by atomic mass is 19.1. The second-order valence-electron chi connectivity index (χ2n) is 3.36. The SMILES string of the molecule is CCCc1ccc2c(F)cccc2n1. The van der Waals surface area contributed by atoms with E-state index in [1.807, 2.05) is 18.2 Å². The summed E-state index contributed by atoms with van der Waals surface area (Å²) in [5.41, 5.74) is 1.78. The van der Waals surface area contributed by atoms with Gasteiger partial charge in [-0.3, -0.25) is 4.98 Å². The van der Waals surface area contributed by atoms with Crippen molar-refractivity contribution in [1.82, 2.24) is 4.98 Å². The third-order valence-corrected chi connectivity index (χ3v) is 2.24. The summed E-state index contributed by atoms with van der Waals surface area (Å²) in [6.07, 6.45) is 2.01. The number of aryl methyl sites for hydroxylation is 1. The Morgan fingerprint density at radius 2 is 2.07 bits per heavy atom. The average Bonchev–Trinajstić information content (AvgIpc) is 2.18. The van der Waals surface area contributed by atoms with Crippen LogP contribution >= 0.6 is 0 Å². The lowest BCUT2D eigenvalue weighted by Crippen LogP contribution is -1.90. The molecule has 1 aromatic carbocycles. The standard InChI is InChI=1S/C12H12FN/c1-2-4-9-7-8-10-11(13)5-3-6-12(10)14-9/h3,5-8H,2,4H2,1H3. The van der Waals surface area contributed by atoms with Gasteiger partial charge < -0.3 is 0 Å². The van der Waals surface area contributed by atoms with Gasteiger partial charge in [0.2, 0.25) is 0 Å². The lowest BCUT2D eigenvalue weighted by Gasteiger charge is -2.01. The Morgan fingerprint density at radius 1 is 1.21 bits per heavy atom. The molecule has 2 heteroatoms. The van der Waals surface area contributed by atoms with Gasteiger partial charge in [0.1, 0.15) is 5.82 Å². The predicted octanol–water partition coefficient (Wildman–Crippen LogP) is 3.33. The number of hydrogen-bond donors (Lipinski definition) is 0. The molecule has 1 heterocycles. The number of pyridine rings is 1. The summed E-state index contributed by atoms with van der Waals surface area (Å²) in [5, 5.41) is 0.604. The molecule has 1 aromatic heterocycles. The minimum absolute atomic E-state index is 0.196. The first kappa shape index (κ1) is 9.13. The maximum absolute atomic E-state index is 13.3. The van der Waals surface area contributed by atoms with E-state index in [0.717, 1.165) is 24.1 Å². The maximum Gasteiger partial charge on any atom is 0.132 e. The number of halogens is 1. The molecule has 0 unspecified atom stereocenters. The minimum Gasteiger partial charge on any atom is -0.253 e. The fourth-order valence-electron chi connectivity index (χ4n) is 1.56. The van der Waals surface area contributed by atoms with Crippen LogP contribution in [0.25, 0.3) is 10.9 Å². The van der Waals surface area contributed by atoms with Crippen LogP contribution in [0.1, 0.15) is 19.0 Å². The molecule has 0 saturated heterocycles. The highest BCUT2D eigenvalue weighted by molar-refractivity contribution is 5.79. The van der Waals surface area contributed by atoms with Crippen molar-refractivity contribution >= 4 is 10.9 Å². The third-order valence-electron chi connectivity index (χ3n) is 2.24. The second-order valence-corrected chi connectivity index (χ2v) is 3.36. The quantitative estimate of drug-likeness (QED) is 0.706. The Balaban J connectivity index is 2.56. The minimum atomic E-state index is -0.196. The average molecular weight is 189 g/mol. The van der Waals surface area contributed by atoms with E-state index in [1.165, 1.54) is 6.07 Å². The molecule has 14 heavy (non-hydrogen) atoms. The van der Waals surface area contributed by atoms with Crippen molar-refractivity contribution < 1.29 is 4.39 Å². The van der Waals surface area contributed by atoms with Crippen LogP contribution in [0.4, 0.5) is 4.39 Å². The molecule has 72 valence electrons. The highest BCUT2D eigenvalue weighted by Gasteiger charge is 2.01. The van der Waals surface area contributed by atoms with Gasteiger partial charge in [-0.1, -0.05) is 19.4 Å². The van der Waals surface area contributed by atoms with Crippen LogP contribution in [0.3, 0.4) is 0 Å². The lowest BCUT2D eigenvalue weighted by atomic mass is 10.1. The van der Waals surface area contributed by atoms with E-state index < -0.39 is 0 Å². The summed E-state index contributed by atoms with van der Waals surface area (Å²) >= 11 is 0. The van der Waals surface area contributed by atoms with Crippen molar-refractivity contribution in [3.63, 3.8) is 0 Å². The van der Waals surface area contributed by atoms with E-state index in [1.54, 1.807) is 6.07 Å². The van der Waals surface area contributed by atoms with Gasteiger partial charge in [-0.05, 0) is 30.7 Å². The fraction of sp³-hybridized carbons (Fsp3) is 0.250. The first-order chi connectivity index (χ1) is 6.81. The first-order valence-electron chi connectivity index (χ1n) is 4.85. The second kappa shape index (κ2) is 3.74. The van der Waals surface area contributed by atoms with Gasteiger partial charge in [-0.2, -0.15) is 0 Å². The van der Waals surface area contributed by atoms with E-state index >= 15 is 0 Å². The summed E-state index contributed by atoms with van der Waals surface area (Å²) in [5.74, 6) is -0.196. The highest BCUT2D eigenvalue weighted by Crippen LogP contribution is 2.16. The largest absolute Gasteiger partial charge is 0.253 e. The van der Waals surface area contributed by atoms with E-state index in [4.69, 9.17) is 0 Å². The van der Waals surface area contributed by atoms with E-state index in [0.29, 0.717) is 5.39 Å². The predicted molar refractivity (Wildman–Crippen MR) is 55.7 cm³/mol. The van der Waals surface area contributed by atoms with Crippen molar-refractivity contribution in [1.29, 1.82) is 0 Å². The normalized spacial score (nSPS) is 10.7. The molecule has 0 fully saturated rings. The molecule has 0 bridgehead atoms. The van der Waals surface area contributed by atoms with Gasteiger partial charge in [0.25, 0.3) is 0 Å². The number of fused-ring (bicyclic) bond motifs is 1. The Labute approximate surface area is 82.6 Å². The van der Waals surface area contributed by atoms with Gasteiger partial charge in [0.05, 0.1) is 5.52 Å². The molecule has 2 aromatic rings. The first-order valence-corrected chi connectivity index (χ1v) is 4.85. The van der Waals surface area contributed by atoms with Crippen LogP contribution in [0.5, 0.6) is 0 Å². The molecule has 0 aliphatic heterocycles. The molecule has 0 N–H and O–H groups in total. The Kier molecular flexibility index (Phi) is 2.44. The summed E-state index contributed by atoms with van der Waals surface area (Å²) in [6, 6.07) is 8.71. The van der Waals surface area contributed by atoms with Crippen molar-refractivity contribution in [2.24, 2.45) is 0 Å². The number of nitrogens with zero attached hydrogens (tertiary/aromatic N) is 1. The number of hydrogen-bond acceptors (Lipinski definition) is 1. The zero-order chi connectivity index (χ0) is 9.97. The third kappa shape index (κ3) is 1.60. The van der Waals surface area contributed by atoms with Crippen LogP contribution in [0.2, 0.25) is 0 Å². The zero-order valence-electron chi connectivity index (χ0n) is 8.13. The fourth-order valence-corrected chi connectivity index (χ4v) is 1.56. The molecule has 0 aliphatic rings. The summed E-state index contributed by atoms with van der Waals surface area (Å²) < 4.78 is 13.3. The molecule has 2 rings (SSSR count). The van der Waals surface area contributed by atoms with Crippen LogP contribution in [-0.2, 0) is 6.42 Å². The lowest BCUT2D eigenvalue weighted by molar-refractivity contribution is 0.639. The Bertz CT molecular complexity index is 451. The molecule has 0 radical (unpaired) electrons. The van der Waals surface area contributed by atoms with Crippen molar-refractivity contribution in [3.05, 3.63) is 41.8 Å². The van der Waals surface area contributed by atoms with Crippen molar-refractivity contribution in [2.45, 2.75) is 19.8 Å². The molecule has 0 atom stereocenters. The summed E-state index contributed by atoms with van der Waals surface area (Å²) in [6.45, 7) is 2.11. The topological polar surface area (TPSA) is 12.9 Å². The monoisotopic (exact) mass is 189 g/mol. The molecular weight excluding hydrogens is 177 g/mol. The number of aromatic nitrogens is 1. The van der Waals surface area contributed by atoms with Crippen LogP contribution in [0, 0.1) is 5.82 Å². The molecule has 0 saturated carbocycles. The van der Waals surface area contributed by atoms with E-state index in [2.05, 4.69) is 11.9 Å². The Hall–Kier alpha value is -1.44. The van der Waals surface area contributed by atoms with Gasteiger partial charge in [-0.25, -0.2) is 4.39 Å².